The Labute approximate surface area is 168 Å². The number of carbonyl (C=O) groups is 1. The van der Waals surface area contributed by atoms with Gasteiger partial charge in [-0.25, -0.2) is 4.98 Å². The van der Waals surface area contributed by atoms with E-state index in [4.69, 9.17) is 4.98 Å². The van der Waals surface area contributed by atoms with Crippen molar-refractivity contribution in [3.8, 4) is 0 Å². The van der Waals surface area contributed by atoms with E-state index >= 15 is 0 Å². The van der Waals surface area contributed by atoms with E-state index in [2.05, 4.69) is 32.7 Å². The van der Waals surface area contributed by atoms with Crippen molar-refractivity contribution in [2.75, 3.05) is 12.3 Å². The van der Waals surface area contributed by atoms with Crippen LogP contribution in [-0.2, 0) is 24.2 Å². The summed E-state index contributed by atoms with van der Waals surface area (Å²) in [5.41, 5.74) is 1.26. The zero-order valence-corrected chi connectivity index (χ0v) is 17.8. The highest BCUT2D eigenvalue weighted by Gasteiger charge is 2.25. The van der Waals surface area contributed by atoms with Crippen LogP contribution in [0.1, 0.15) is 37.6 Å². The second-order valence-electron chi connectivity index (χ2n) is 7.62. The molecule has 5 nitrogen and oxygen atoms in total. The molecule has 3 rings (SSSR count). The molecular weight excluding hydrogens is 378 g/mol. The summed E-state index contributed by atoms with van der Waals surface area (Å²) in [4.78, 5) is 32.2. The molecular formula is C20H27N3O2S2. The maximum atomic E-state index is 13.3. The van der Waals surface area contributed by atoms with Gasteiger partial charge in [-0.2, -0.15) is 0 Å². The molecule has 2 heterocycles. The summed E-state index contributed by atoms with van der Waals surface area (Å²) in [6.45, 7) is 11.1. The molecule has 1 N–H and O–H groups in total. The van der Waals surface area contributed by atoms with E-state index in [0.717, 1.165) is 29.5 Å². The molecule has 0 aliphatic heterocycles. The van der Waals surface area contributed by atoms with Crippen LogP contribution < -0.4 is 10.9 Å². The average Bonchev–Trinajstić information content (AvgIpc) is 2.97. The summed E-state index contributed by atoms with van der Waals surface area (Å²) in [6.07, 6.45) is 4.78. The van der Waals surface area contributed by atoms with Gasteiger partial charge in [0.15, 0.2) is 5.16 Å². The normalized spacial score (nSPS) is 16.5. The van der Waals surface area contributed by atoms with Crippen molar-refractivity contribution < 1.29 is 4.79 Å². The maximum absolute atomic E-state index is 13.3. The molecule has 27 heavy (non-hydrogen) atoms. The molecule has 7 heteroatoms. The molecule has 2 aromatic heterocycles. The van der Waals surface area contributed by atoms with Gasteiger partial charge in [0.25, 0.3) is 5.56 Å². The molecule has 0 saturated heterocycles. The van der Waals surface area contributed by atoms with Crippen molar-refractivity contribution in [3.63, 3.8) is 0 Å². The van der Waals surface area contributed by atoms with Crippen molar-refractivity contribution in [2.45, 2.75) is 51.7 Å². The fourth-order valence-electron chi connectivity index (χ4n) is 3.41. The third-order valence-corrected chi connectivity index (χ3v) is 6.83. The van der Waals surface area contributed by atoms with Gasteiger partial charge >= 0.3 is 0 Å². The van der Waals surface area contributed by atoms with Gasteiger partial charge in [0.1, 0.15) is 4.83 Å². The fourth-order valence-corrected chi connectivity index (χ4v) is 5.67. The van der Waals surface area contributed by atoms with E-state index in [-0.39, 0.29) is 17.2 Å². The minimum absolute atomic E-state index is 0.0507. The zero-order chi connectivity index (χ0) is 19.6. The third-order valence-electron chi connectivity index (χ3n) is 4.70. The lowest BCUT2D eigenvalue weighted by atomic mass is 9.89. The van der Waals surface area contributed by atoms with Gasteiger partial charge in [-0.05, 0) is 36.7 Å². The van der Waals surface area contributed by atoms with Gasteiger partial charge in [0.05, 0.1) is 11.1 Å². The standard InChI is InChI=1S/C20H27N3O2S2/c1-5-8-21-16(24)11-26-20-22-18-17(19(25)23(20)10-12(2)3)14-7-6-13(4)9-15(14)27-18/h5,12-13H,1,6-11H2,2-4H3,(H,21,24). The first kappa shape index (κ1) is 20.1. The topological polar surface area (TPSA) is 64.0 Å². The average molecular weight is 406 g/mol. The van der Waals surface area contributed by atoms with E-state index in [1.165, 1.54) is 22.2 Å². The lowest BCUT2D eigenvalue weighted by molar-refractivity contribution is -0.118. The van der Waals surface area contributed by atoms with Crippen LogP contribution in [0, 0.1) is 11.8 Å². The Balaban J connectivity index is 2.00. The van der Waals surface area contributed by atoms with Gasteiger partial charge in [-0.15, -0.1) is 17.9 Å². The number of carbonyl (C=O) groups excluding carboxylic acids is 1. The number of nitrogens with one attached hydrogen (secondary N) is 1. The summed E-state index contributed by atoms with van der Waals surface area (Å²) in [5, 5.41) is 4.22. The monoisotopic (exact) mass is 405 g/mol. The van der Waals surface area contributed by atoms with E-state index in [0.29, 0.717) is 30.1 Å². The van der Waals surface area contributed by atoms with Gasteiger partial charge in [0, 0.05) is 18.0 Å². The molecule has 1 atom stereocenters. The Bertz CT molecular complexity index is 914. The maximum Gasteiger partial charge on any atom is 0.263 e. The lowest BCUT2D eigenvalue weighted by Gasteiger charge is -2.18. The largest absolute Gasteiger partial charge is 0.352 e. The summed E-state index contributed by atoms with van der Waals surface area (Å²) in [7, 11) is 0. The molecule has 1 unspecified atom stereocenters. The summed E-state index contributed by atoms with van der Waals surface area (Å²) in [5.74, 6) is 1.15. The quantitative estimate of drug-likeness (QED) is 0.434. The van der Waals surface area contributed by atoms with Crippen LogP contribution in [0.15, 0.2) is 22.6 Å². The van der Waals surface area contributed by atoms with Crippen molar-refractivity contribution >= 4 is 39.2 Å². The highest BCUT2D eigenvalue weighted by Crippen LogP contribution is 2.36. The van der Waals surface area contributed by atoms with Crippen LogP contribution in [-0.4, -0.2) is 27.8 Å². The van der Waals surface area contributed by atoms with Crippen LogP contribution >= 0.6 is 23.1 Å². The van der Waals surface area contributed by atoms with E-state index < -0.39 is 0 Å². The summed E-state index contributed by atoms with van der Waals surface area (Å²) in [6, 6.07) is 0. The zero-order valence-electron chi connectivity index (χ0n) is 16.2. The molecule has 0 saturated carbocycles. The van der Waals surface area contributed by atoms with Crippen molar-refractivity contribution in [1.82, 2.24) is 14.9 Å². The first-order valence-electron chi connectivity index (χ1n) is 9.46. The number of nitrogens with zero attached hydrogens (tertiary/aromatic N) is 2. The van der Waals surface area contributed by atoms with Gasteiger partial charge in [-0.1, -0.05) is 38.6 Å². The van der Waals surface area contributed by atoms with Gasteiger partial charge < -0.3 is 5.32 Å². The number of hydrogen-bond donors (Lipinski definition) is 1. The van der Waals surface area contributed by atoms with Gasteiger partial charge in [0.2, 0.25) is 5.91 Å². The highest BCUT2D eigenvalue weighted by atomic mass is 32.2. The second-order valence-corrected chi connectivity index (χ2v) is 9.64. The molecule has 0 aromatic carbocycles. The predicted molar refractivity (Wildman–Crippen MR) is 114 cm³/mol. The lowest BCUT2D eigenvalue weighted by Crippen LogP contribution is -2.28. The van der Waals surface area contributed by atoms with E-state index in [1.54, 1.807) is 22.0 Å². The number of aromatic nitrogens is 2. The molecule has 0 fully saturated rings. The van der Waals surface area contributed by atoms with Crippen LogP contribution in [0.2, 0.25) is 0 Å². The third kappa shape index (κ3) is 4.46. The van der Waals surface area contributed by atoms with E-state index in [1.807, 2.05) is 0 Å². The van der Waals surface area contributed by atoms with Crippen molar-refractivity contribution in [2.24, 2.45) is 11.8 Å². The molecule has 1 aliphatic rings. The molecule has 0 radical (unpaired) electrons. The number of thiophene rings is 1. The van der Waals surface area contributed by atoms with Crippen LogP contribution in [0.3, 0.4) is 0 Å². The first-order chi connectivity index (χ1) is 12.9. The summed E-state index contributed by atoms with van der Waals surface area (Å²) >= 11 is 2.99. The Morgan fingerprint density at radius 3 is 3.00 bits per heavy atom. The SMILES string of the molecule is C=CCNC(=O)CSc1nc2sc3c(c2c(=O)n1CC(C)C)CCC(C)C3. The first-order valence-corrected chi connectivity index (χ1v) is 11.3. The molecule has 146 valence electrons. The number of amides is 1. The Kier molecular flexibility index (Phi) is 6.42. The number of hydrogen-bond acceptors (Lipinski definition) is 5. The van der Waals surface area contributed by atoms with Crippen LogP contribution in [0.5, 0.6) is 0 Å². The molecule has 1 aliphatic carbocycles. The molecule has 0 bridgehead atoms. The number of aryl methyl sites for hydroxylation is 1. The van der Waals surface area contributed by atoms with Crippen molar-refractivity contribution in [1.29, 1.82) is 0 Å². The smallest absolute Gasteiger partial charge is 0.263 e. The Morgan fingerprint density at radius 1 is 1.52 bits per heavy atom. The van der Waals surface area contributed by atoms with Crippen molar-refractivity contribution in [3.05, 3.63) is 33.4 Å². The highest BCUT2D eigenvalue weighted by molar-refractivity contribution is 7.99. The van der Waals surface area contributed by atoms with E-state index in [9.17, 15) is 9.59 Å². The van der Waals surface area contributed by atoms with Crippen LogP contribution in [0.4, 0.5) is 0 Å². The Morgan fingerprint density at radius 2 is 2.30 bits per heavy atom. The number of rotatable bonds is 7. The predicted octanol–water partition coefficient (Wildman–Crippen LogP) is 3.63. The second kappa shape index (κ2) is 8.61. The number of thioether (sulfide) groups is 1. The number of fused-ring (bicyclic) bond motifs is 3. The minimum atomic E-state index is -0.0790. The van der Waals surface area contributed by atoms with Crippen LogP contribution in [0.25, 0.3) is 10.2 Å². The molecule has 0 spiro atoms. The Hall–Kier alpha value is -1.60. The molecule has 2 aromatic rings. The minimum Gasteiger partial charge on any atom is -0.352 e. The molecule has 1 amide bonds. The summed E-state index contributed by atoms with van der Waals surface area (Å²) < 4.78 is 1.77. The van der Waals surface area contributed by atoms with Gasteiger partial charge in [-0.3, -0.25) is 14.2 Å². The fraction of sp³-hybridized carbons (Fsp3) is 0.550.